The molecule has 0 unspecified atom stereocenters. The molecule has 0 saturated heterocycles. The highest BCUT2D eigenvalue weighted by Crippen LogP contribution is 2.31. The summed E-state index contributed by atoms with van der Waals surface area (Å²) in [7, 11) is 0. The lowest BCUT2D eigenvalue weighted by molar-refractivity contribution is -0.479. The van der Waals surface area contributed by atoms with Crippen molar-refractivity contribution in [3.8, 4) is 0 Å². The van der Waals surface area contributed by atoms with Crippen molar-refractivity contribution in [1.82, 2.24) is 0 Å². The zero-order valence-electron chi connectivity index (χ0n) is 15.2. The van der Waals surface area contributed by atoms with E-state index in [2.05, 4.69) is 27.7 Å². The second kappa shape index (κ2) is 9.35. The highest BCUT2D eigenvalue weighted by atomic mass is 16.6. The van der Waals surface area contributed by atoms with Gasteiger partial charge in [-0.1, -0.05) is 27.7 Å². The Morgan fingerprint density at radius 1 is 0.583 bits per heavy atom. The van der Waals surface area contributed by atoms with E-state index in [1.807, 2.05) is 0 Å². The summed E-state index contributed by atoms with van der Waals surface area (Å²) in [5.74, 6) is 0. The number of nitro groups is 2. The van der Waals surface area contributed by atoms with E-state index >= 15 is 0 Å². The van der Waals surface area contributed by atoms with Crippen LogP contribution in [0.4, 0.5) is 0 Å². The van der Waals surface area contributed by atoms with Crippen molar-refractivity contribution in [3.05, 3.63) is 53.6 Å². The van der Waals surface area contributed by atoms with Gasteiger partial charge in [-0.2, -0.15) is 0 Å². The molecule has 0 spiro atoms. The fourth-order valence-electron chi connectivity index (χ4n) is 3.81. The highest BCUT2D eigenvalue weighted by molar-refractivity contribution is 5.52. The zero-order valence-corrected chi connectivity index (χ0v) is 15.2. The van der Waals surface area contributed by atoms with Crippen molar-refractivity contribution in [2.75, 3.05) is 13.1 Å². The molecule has 0 amide bonds. The molecule has 0 bridgehead atoms. The molecule has 24 heavy (non-hydrogen) atoms. The molecule has 0 aromatic heterocycles. The smallest absolute Gasteiger partial charge is 0.207 e. The van der Waals surface area contributed by atoms with Gasteiger partial charge in [-0.3, -0.25) is 20.2 Å². The van der Waals surface area contributed by atoms with Gasteiger partial charge in [0.15, 0.2) is 0 Å². The fourth-order valence-corrected chi connectivity index (χ4v) is 3.81. The van der Waals surface area contributed by atoms with Gasteiger partial charge in [0, 0.05) is 22.7 Å². The molecule has 1 rings (SSSR count). The lowest BCUT2D eigenvalue weighted by Crippen LogP contribution is -2.17. The number of benzene rings is 1. The van der Waals surface area contributed by atoms with Crippen LogP contribution in [0.3, 0.4) is 0 Å². The van der Waals surface area contributed by atoms with Crippen molar-refractivity contribution >= 4 is 0 Å². The summed E-state index contributed by atoms with van der Waals surface area (Å²) in [5, 5.41) is 21.7. The Balaban J connectivity index is 3.59. The van der Waals surface area contributed by atoms with Gasteiger partial charge < -0.3 is 0 Å². The lowest BCUT2D eigenvalue weighted by Gasteiger charge is -2.24. The minimum Gasteiger partial charge on any atom is -0.265 e. The first kappa shape index (κ1) is 20.1. The third-order valence-corrected chi connectivity index (χ3v) is 4.69. The Bertz CT molecular complexity index is 526. The molecule has 0 fully saturated rings. The molecular weight excluding hydrogens is 308 g/mol. The average molecular weight is 336 g/mol. The van der Waals surface area contributed by atoms with Gasteiger partial charge in [-0.25, -0.2) is 0 Å². The molecule has 134 valence electrons. The van der Waals surface area contributed by atoms with Crippen molar-refractivity contribution in [2.24, 2.45) is 0 Å². The molecular formula is C18H28N2O4. The summed E-state index contributed by atoms with van der Waals surface area (Å²) in [4.78, 5) is 21.2. The standard InChI is InChI=1S/C18H28N2O4/c1-5-13-14(6-2)18(10-12-20(23)24)16(8-4)15(7-3)17(13)9-11-19(21)22/h5-12H2,1-4H3. The van der Waals surface area contributed by atoms with Crippen molar-refractivity contribution in [1.29, 1.82) is 0 Å². The van der Waals surface area contributed by atoms with Gasteiger partial charge in [0.25, 0.3) is 0 Å². The monoisotopic (exact) mass is 336 g/mol. The maximum atomic E-state index is 10.9. The quantitative estimate of drug-likeness (QED) is 0.483. The van der Waals surface area contributed by atoms with E-state index in [9.17, 15) is 20.2 Å². The first-order chi connectivity index (χ1) is 11.4. The molecule has 0 radical (unpaired) electrons. The van der Waals surface area contributed by atoms with Crippen LogP contribution in [0.2, 0.25) is 0 Å². The molecule has 6 nitrogen and oxygen atoms in total. The topological polar surface area (TPSA) is 86.3 Å². The second-order valence-electron chi connectivity index (χ2n) is 5.90. The summed E-state index contributed by atoms with van der Waals surface area (Å²) in [6, 6.07) is 0. The summed E-state index contributed by atoms with van der Waals surface area (Å²) >= 11 is 0. The van der Waals surface area contributed by atoms with Gasteiger partial charge in [0.1, 0.15) is 0 Å². The van der Waals surface area contributed by atoms with Gasteiger partial charge in [0.2, 0.25) is 13.1 Å². The summed E-state index contributed by atoms with van der Waals surface area (Å²) in [5.41, 5.74) is 6.91. The van der Waals surface area contributed by atoms with Crippen LogP contribution in [0.5, 0.6) is 0 Å². The molecule has 0 aliphatic rings. The van der Waals surface area contributed by atoms with E-state index in [1.54, 1.807) is 0 Å². The maximum Gasteiger partial charge on any atom is 0.207 e. The van der Waals surface area contributed by atoms with E-state index in [-0.39, 0.29) is 22.9 Å². The number of hydrogen-bond acceptors (Lipinski definition) is 4. The Hall–Kier alpha value is -1.98. The highest BCUT2D eigenvalue weighted by Gasteiger charge is 2.22. The van der Waals surface area contributed by atoms with Gasteiger partial charge in [0.05, 0.1) is 0 Å². The van der Waals surface area contributed by atoms with Crippen LogP contribution in [0.1, 0.15) is 61.1 Å². The Morgan fingerprint density at radius 3 is 1.00 bits per heavy atom. The van der Waals surface area contributed by atoms with E-state index in [0.717, 1.165) is 36.8 Å². The first-order valence-electron chi connectivity index (χ1n) is 8.81. The maximum absolute atomic E-state index is 10.9. The molecule has 0 saturated carbocycles. The largest absolute Gasteiger partial charge is 0.265 e. The molecule has 0 heterocycles. The molecule has 0 aliphatic heterocycles. The number of nitrogens with zero attached hydrogens (tertiary/aromatic N) is 2. The Kier molecular flexibility index (Phi) is 7.82. The SMILES string of the molecule is CCc1c(CC)c(CC[N+](=O)[O-])c(CC)c(CC)c1CC[N+](=O)[O-]. The van der Waals surface area contributed by atoms with Crippen molar-refractivity contribution < 1.29 is 9.85 Å². The van der Waals surface area contributed by atoms with E-state index in [0.29, 0.717) is 12.8 Å². The molecule has 1 aromatic carbocycles. The van der Waals surface area contributed by atoms with Crippen LogP contribution < -0.4 is 0 Å². The van der Waals surface area contributed by atoms with Gasteiger partial charge in [-0.15, -0.1) is 0 Å². The van der Waals surface area contributed by atoms with Crippen LogP contribution in [-0.4, -0.2) is 22.9 Å². The van der Waals surface area contributed by atoms with Crippen LogP contribution in [0.15, 0.2) is 0 Å². The third kappa shape index (κ3) is 4.52. The normalized spacial score (nSPS) is 10.8. The van der Waals surface area contributed by atoms with E-state index < -0.39 is 0 Å². The zero-order chi connectivity index (χ0) is 18.3. The van der Waals surface area contributed by atoms with E-state index in [4.69, 9.17) is 0 Å². The first-order valence-corrected chi connectivity index (χ1v) is 8.81. The fraction of sp³-hybridized carbons (Fsp3) is 0.667. The van der Waals surface area contributed by atoms with Crippen LogP contribution in [-0.2, 0) is 38.5 Å². The van der Waals surface area contributed by atoms with Gasteiger partial charge in [-0.05, 0) is 59.1 Å². The van der Waals surface area contributed by atoms with Crippen LogP contribution >= 0.6 is 0 Å². The lowest BCUT2D eigenvalue weighted by atomic mass is 9.80. The van der Waals surface area contributed by atoms with Crippen molar-refractivity contribution in [2.45, 2.75) is 66.2 Å². The molecule has 1 aromatic rings. The summed E-state index contributed by atoms with van der Waals surface area (Å²) in [6.45, 7) is 8.11. The van der Waals surface area contributed by atoms with E-state index in [1.165, 1.54) is 22.3 Å². The van der Waals surface area contributed by atoms with Crippen LogP contribution in [0, 0.1) is 20.2 Å². The molecule has 0 aliphatic carbocycles. The Morgan fingerprint density at radius 2 is 0.833 bits per heavy atom. The summed E-state index contributed by atoms with van der Waals surface area (Å²) < 4.78 is 0. The molecule has 0 N–H and O–H groups in total. The van der Waals surface area contributed by atoms with Crippen LogP contribution in [0.25, 0.3) is 0 Å². The predicted molar refractivity (Wildman–Crippen MR) is 95.1 cm³/mol. The third-order valence-electron chi connectivity index (χ3n) is 4.69. The second-order valence-corrected chi connectivity index (χ2v) is 5.90. The average Bonchev–Trinajstić information content (AvgIpc) is 2.55. The van der Waals surface area contributed by atoms with Gasteiger partial charge >= 0.3 is 0 Å². The number of hydrogen-bond donors (Lipinski definition) is 0. The predicted octanol–water partition coefficient (Wildman–Crippen LogP) is 3.57. The van der Waals surface area contributed by atoms with Crippen molar-refractivity contribution in [3.63, 3.8) is 0 Å². The minimum atomic E-state index is -0.267. The Labute approximate surface area is 143 Å². The molecule has 0 atom stereocenters. The molecule has 6 heteroatoms. The minimum absolute atomic E-state index is 0.0689. The number of rotatable bonds is 10. The summed E-state index contributed by atoms with van der Waals surface area (Å²) in [6.07, 6.45) is 4.10.